The maximum atomic E-state index is 12.6. The fourth-order valence-electron chi connectivity index (χ4n) is 3.32. The first-order chi connectivity index (χ1) is 12.9. The van der Waals surface area contributed by atoms with Crippen molar-refractivity contribution in [3.8, 4) is 11.5 Å². The molecular formula is C18H19N3O6. The summed E-state index contributed by atoms with van der Waals surface area (Å²) < 4.78 is 15.8. The van der Waals surface area contributed by atoms with E-state index in [-0.39, 0.29) is 17.0 Å². The van der Waals surface area contributed by atoms with Crippen LogP contribution in [0, 0.1) is 0 Å². The number of fused-ring (bicyclic) bond motifs is 1. The van der Waals surface area contributed by atoms with Gasteiger partial charge in [-0.05, 0) is 13.0 Å². The number of rotatable bonds is 4. The SMILES string of the molecule is COC(=O)C1=C(C)Nc2[nH]c(=O)[nH]c(=O)c2C1c1cccc(OC)c1OC. The van der Waals surface area contributed by atoms with Gasteiger partial charge in [0, 0.05) is 11.3 Å². The summed E-state index contributed by atoms with van der Waals surface area (Å²) in [5.74, 6) is -0.412. The molecule has 2 aromatic rings. The number of H-pyrrole nitrogens is 2. The van der Waals surface area contributed by atoms with Crippen molar-refractivity contribution in [3.05, 3.63) is 61.4 Å². The summed E-state index contributed by atoms with van der Waals surface area (Å²) in [5.41, 5.74) is 0.102. The van der Waals surface area contributed by atoms with Crippen LogP contribution in [0.1, 0.15) is 24.0 Å². The highest BCUT2D eigenvalue weighted by atomic mass is 16.5. The molecule has 1 aromatic carbocycles. The second kappa shape index (κ2) is 7.02. The maximum Gasteiger partial charge on any atom is 0.336 e. The number of methoxy groups -OCH3 is 3. The Morgan fingerprint density at radius 3 is 2.44 bits per heavy atom. The van der Waals surface area contributed by atoms with Crippen LogP contribution in [0.3, 0.4) is 0 Å². The molecule has 0 saturated heterocycles. The molecule has 0 saturated carbocycles. The number of nitrogens with one attached hydrogen (secondary N) is 3. The van der Waals surface area contributed by atoms with Crippen molar-refractivity contribution in [2.24, 2.45) is 0 Å². The van der Waals surface area contributed by atoms with Crippen LogP contribution >= 0.6 is 0 Å². The second-order valence-corrected chi connectivity index (χ2v) is 5.87. The fraction of sp³-hybridized carbons (Fsp3) is 0.278. The molecule has 1 unspecified atom stereocenters. The van der Waals surface area contributed by atoms with Crippen LogP contribution < -0.4 is 26.0 Å². The van der Waals surface area contributed by atoms with Gasteiger partial charge in [-0.3, -0.25) is 14.8 Å². The zero-order chi connectivity index (χ0) is 19.7. The molecule has 1 aliphatic rings. The van der Waals surface area contributed by atoms with Crippen molar-refractivity contribution in [1.82, 2.24) is 9.97 Å². The van der Waals surface area contributed by atoms with E-state index in [9.17, 15) is 14.4 Å². The van der Waals surface area contributed by atoms with Gasteiger partial charge in [-0.2, -0.15) is 0 Å². The van der Waals surface area contributed by atoms with Crippen molar-refractivity contribution < 1.29 is 19.0 Å². The van der Waals surface area contributed by atoms with Gasteiger partial charge in [-0.1, -0.05) is 12.1 Å². The molecule has 1 aromatic heterocycles. The number of esters is 1. The van der Waals surface area contributed by atoms with E-state index in [1.54, 1.807) is 25.1 Å². The Morgan fingerprint density at radius 2 is 1.81 bits per heavy atom. The first-order valence-electron chi connectivity index (χ1n) is 8.06. The number of carbonyl (C=O) groups excluding carboxylic acids is 1. The lowest BCUT2D eigenvalue weighted by atomic mass is 9.81. The normalized spacial score (nSPS) is 15.6. The third-order valence-electron chi connectivity index (χ3n) is 4.42. The van der Waals surface area contributed by atoms with Gasteiger partial charge >= 0.3 is 11.7 Å². The number of carbonyl (C=O) groups is 1. The van der Waals surface area contributed by atoms with Crippen molar-refractivity contribution >= 4 is 11.8 Å². The van der Waals surface area contributed by atoms with Crippen molar-refractivity contribution in [1.29, 1.82) is 0 Å². The van der Waals surface area contributed by atoms with E-state index in [1.807, 2.05) is 0 Å². The van der Waals surface area contributed by atoms with E-state index < -0.39 is 23.1 Å². The third kappa shape index (κ3) is 2.97. The lowest BCUT2D eigenvalue weighted by molar-refractivity contribution is -0.136. The van der Waals surface area contributed by atoms with Gasteiger partial charge in [0.05, 0.1) is 38.4 Å². The maximum absolute atomic E-state index is 12.6. The van der Waals surface area contributed by atoms with Crippen LogP contribution in [-0.2, 0) is 9.53 Å². The zero-order valence-corrected chi connectivity index (χ0v) is 15.3. The number of hydrogen-bond acceptors (Lipinski definition) is 7. The van der Waals surface area contributed by atoms with E-state index in [1.165, 1.54) is 21.3 Å². The predicted octanol–water partition coefficient (Wildman–Crippen LogP) is 1.08. The molecule has 0 bridgehead atoms. The summed E-state index contributed by atoms with van der Waals surface area (Å²) in [6.07, 6.45) is 0. The van der Waals surface area contributed by atoms with Crippen LogP contribution in [0.15, 0.2) is 39.1 Å². The van der Waals surface area contributed by atoms with E-state index in [0.717, 1.165) is 0 Å². The molecule has 0 aliphatic carbocycles. The smallest absolute Gasteiger partial charge is 0.336 e. The summed E-state index contributed by atoms with van der Waals surface area (Å²) in [4.78, 5) is 41.6. The monoisotopic (exact) mass is 373 g/mol. The van der Waals surface area contributed by atoms with E-state index >= 15 is 0 Å². The summed E-state index contributed by atoms with van der Waals surface area (Å²) in [7, 11) is 4.22. The number of benzene rings is 1. The first-order valence-corrected chi connectivity index (χ1v) is 8.06. The average Bonchev–Trinajstić information content (AvgIpc) is 2.65. The van der Waals surface area contributed by atoms with Crippen LogP contribution in [0.25, 0.3) is 0 Å². The molecule has 0 amide bonds. The third-order valence-corrected chi connectivity index (χ3v) is 4.42. The molecular weight excluding hydrogens is 354 g/mol. The number of ether oxygens (including phenoxy) is 3. The van der Waals surface area contributed by atoms with E-state index in [0.29, 0.717) is 22.8 Å². The lowest BCUT2D eigenvalue weighted by Crippen LogP contribution is -2.35. The number of aromatic nitrogens is 2. The van der Waals surface area contributed by atoms with Gasteiger partial charge in [0.2, 0.25) is 0 Å². The van der Waals surface area contributed by atoms with Gasteiger partial charge in [-0.25, -0.2) is 9.59 Å². The molecule has 0 radical (unpaired) electrons. The molecule has 2 heterocycles. The minimum atomic E-state index is -0.834. The highest BCUT2D eigenvalue weighted by Crippen LogP contribution is 2.45. The molecule has 3 rings (SSSR count). The Hall–Kier alpha value is -3.49. The lowest BCUT2D eigenvalue weighted by Gasteiger charge is -2.29. The Kier molecular flexibility index (Phi) is 4.76. The molecule has 1 atom stereocenters. The Bertz CT molecular complexity index is 1050. The number of allylic oxidation sites excluding steroid dienone is 1. The van der Waals surface area contributed by atoms with E-state index in [4.69, 9.17) is 14.2 Å². The molecule has 9 heteroatoms. The highest BCUT2D eigenvalue weighted by molar-refractivity contribution is 5.94. The van der Waals surface area contributed by atoms with Gasteiger partial charge in [-0.15, -0.1) is 0 Å². The van der Waals surface area contributed by atoms with Gasteiger partial charge in [0.1, 0.15) is 5.82 Å². The molecule has 0 spiro atoms. The molecule has 27 heavy (non-hydrogen) atoms. The number of para-hydroxylation sites is 1. The van der Waals surface area contributed by atoms with Crippen LogP contribution in [-0.4, -0.2) is 37.3 Å². The van der Waals surface area contributed by atoms with Crippen molar-refractivity contribution in [2.75, 3.05) is 26.6 Å². The van der Waals surface area contributed by atoms with Crippen molar-refractivity contribution in [3.63, 3.8) is 0 Å². The van der Waals surface area contributed by atoms with Crippen LogP contribution in [0.4, 0.5) is 5.82 Å². The van der Waals surface area contributed by atoms with E-state index in [2.05, 4.69) is 15.3 Å². The number of anilines is 1. The number of hydrogen-bond donors (Lipinski definition) is 3. The topological polar surface area (TPSA) is 123 Å². The molecule has 1 aliphatic heterocycles. The Balaban J connectivity index is 2.40. The predicted molar refractivity (Wildman–Crippen MR) is 97.4 cm³/mol. The van der Waals surface area contributed by atoms with Crippen LogP contribution in [0.5, 0.6) is 11.5 Å². The molecule has 9 nitrogen and oxygen atoms in total. The highest BCUT2D eigenvalue weighted by Gasteiger charge is 2.37. The largest absolute Gasteiger partial charge is 0.493 e. The standard InChI is InChI=1S/C18H19N3O6/c1-8-11(17(23)27-4)12(9-6-5-7-10(25-2)14(9)26-3)13-15(19-8)20-18(24)21-16(13)22/h5-7,12H,1-4H3,(H3,19,20,21,22,24). The molecule has 0 fully saturated rings. The van der Waals surface area contributed by atoms with Crippen molar-refractivity contribution in [2.45, 2.75) is 12.8 Å². The van der Waals surface area contributed by atoms with Gasteiger partial charge in [0.15, 0.2) is 11.5 Å². The summed E-state index contributed by atoms with van der Waals surface area (Å²) in [5, 5.41) is 2.90. The fourth-order valence-corrected chi connectivity index (χ4v) is 3.32. The Labute approximate surface area is 154 Å². The Morgan fingerprint density at radius 1 is 1.07 bits per heavy atom. The quantitative estimate of drug-likeness (QED) is 0.686. The minimum absolute atomic E-state index is 0.173. The van der Waals surface area contributed by atoms with Gasteiger partial charge in [0.25, 0.3) is 5.56 Å². The zero-order valence-electron chi connectivity index (χ0n) is 15.3. The first kappa shape index (κ1) is 18.3. The summed E-state index contributed by atoms with van der Waals surface area (Å²) in [6, 6.07) is 5.15. The average molecular weight is 373 g/mol. The molecule has 3 N–H and O–H groups in total. The van der Waals surface area contributed by atoms with Crippen LogP contribution in [0.2, 0.25) is 0 Å². The van der Waals surface area contributed by atoms with Gasteiger partial charge < -0.3 is 19.5 Å². The summed E-state index contributed by atoms with van der Waals surface area (Å²) >= 11 is 0. The minimum Gasteiger partial charge on any atom is -0.493 e. The number of aromatic amines is 2. The summed E-state index contributed by atoms with van der Waals surface area (Å²) in [6.45, 7) is 1.66. The molecule has 142 valence electrons. The second-order valence-electron chi connectivity index (χ2n) is 5.87.